The second-order valence-electron chi connectivity index (χ2n) is 4.25. The van der Waals surface area contributed by atoms with Gasteiger partial charge in [0.15, 0.2) is 9.84 Å². The third-order valence-electron chi connectivity index (χ3n) is 2.73. The second kappa shape index (κ2) is 5.61. The molecule has 0 spiro atoms. The Morgan fingerprint density at radius 2 is 1.94 bits per heavy atom. The Bertz CT molecular complexity index is 387. The molecule has 98 valence electrons. The van der Waals surface area contributed by atoms with E-state index in [1.165, 1.54) is 6.08 Å². The molecule has 7 heteroatoms. The number of hydrogen-bond donors (Lipinski definition) is 3. The van der Waals surface area contributed by atoms with Crippen LogP contribution in [0.1, 0.15) is 12.8 Å². The Balaban J connectivity index is 2.30. The van der Waals surface area contributed by atoms with Crippen molar-refractivity contribution in [3.8, 4) is 0 Å². The van der Waals surface area contributed by atoms with Gasteiger partial charge in [-0.3, -0.25) is 0 Å². The molecule has 0 atom stereocenters. The predicted octanol–water partition coefficient (Wildman–Crippen LogP) is -0.843. The Morgan fingerprint density at radius 1 is 1.35 bits per heavy atom. The Hall–Kier alpha value is -0.920. The first-order chi connectivity index (χ1) is 7.83. The fourth-order valence-electron chi connectivity index (χ4n) is 1.64. The summed E-state index contributed by atoms with van der Waals surface area (Å²) in [6.45, 7) is 0.605. The third kappa shape index (κ3) is 5.29. The van der Waals surface area contributed by atoms with E-state index in [0.717, 1.165) is 6.08 Å². The number of carbonyl (C=O) groups is 1. The highest BCUT2D eigenvalue weighted by Crippen LogP contribution is 2.22. The van der Waals surface area contributed by atoms with Crippen LogP contribution in [0.3, 0.4) is 0 Å². The molecule has 0 saturated carbocycles. The van der Waals surface area contributed by atoms with Crippen LogP contribution >= 0.6 is 0 Å². The van der Waals surface area contributed by atoms with Crippen LogP contribution in [0.15, 0.2) is 12.2 Å². The number of rotatable bonds is 5. The van der Waals surface area contributed by atoms with E-state index in [4.69, 9.17) is 5.11 Å². The summed E-state index contributed by atoms with van der Waals surface area (Å²) in [6, 6.07) is 0. The normalized spacial score (nSPS) is 22.6. The lowest BCUT2D eigenvalue weighted by Crippen LogP contribution is -2.46. The summed E-state index contributed by atoms with van der Waals surface area (Å²) in [4.78, 5) is 10.2. The van der Waals surface area contributed by atoms with Gasteiger partial charge in [-0.1, -0.05) is 6.08 Å². The van der Waals surface area contributed by atoms with Crippen LogP contribution in [-0.2, 0) is 14.6 Å². The molecule has 1 heterocycles. The molecule has 1 aliphatic rings. The van der Waals surface area contributed by atoms with Crippen molar-refractivity contribution in [2.45, 2.75) is 18.4 Å². The molecular weight excluding hydrogens is 246 g/mol. The standard InChI is InChI=1S/C10H17NO5S/c12-9(13)2-1-5-11-8-10(14)3-6-17(15,16)7-4-10/h1-2,11,14H,3-8H2,(H,12,13)/b2-1+. The number of aliphatic carboxylic acids is 1. The monoisotopic (exact) mass is 263 g/mol. The summed E-state index contributed by atoms with van der Waals surface area (Å²) >= 11 is 0. The Kier molecular flexibility index (Phi) is 4.67. The summed E-state index contributed by atoms with van der Waals surface area (Å²) < 4.78 is 22.4. The van der Waals surface area contributed by atoms with Crippen molar-refractivity contribution in [2.24, 2.45) is 0 Å². The van der Waals surface area contributed by atoms with Crippen LogP contribution in [0.2, 0.25) is 0 Å². The molecule has 6 nitrogen and oxygen atoms in total. The molecule has 0 amide bonds. The fourth-order valence-corrected chi connectivity index (χ4v) is 3.23. The van der Waals surface area contributed by atoms with E-state index in [1.54, 1.807) is 0 Å². The lowest BCUT2D eigenvalue weighted by molar-refractivity contribution is -0.131. The van der Waals surface area contributed by atoms with Gasteiger partial charge in [0.05, 0.1) is 17.1 Å². The Labute approximate surface area is 100 Å². The molecule has 1 saturated heterocycles. The van der Waals surface area contributed by atoms with Crippen molar-refractivity contribution in [3.05, 3.63) is 12.2 Å². The van der Waals surface area contributed by atoms with E-state index in [2.05, 4.69) is 5.32 Å². The maximum Gasteiger partial charge on any atom is 0.328 e. The first-order valence-corrected chi connectivity index (χ1v) is 7.18. The first-order valence-electron chi connectivity index (χ1n) is 5.36. The van der Waals surface area contributed by atoms with Gasteiger partial charge in [0.25, 0.3) is 0 Å². The molecule has 0 bridgehead atoms. The average molecular weight is 263 g/mol. The molecule has 1 rings (SSSR count). The van der Waals surface area contributed by atoms with Gasteiger partial charge in [-0.05, 0) is 12.8 Å². The minimum atomic E-state index is -2.98. The highest BCUT2D eigenvalue weighted by Gasteiger charge is 2.34. The van der Waals surface area contributed by atoms with Crippen LogP contribution < -0.4 is 5.32 Å². The Morgan fingerprint density at radius 3 is 2.47 bits per heavy atom. The topological polar surface area (TPSA) is 104 Å². The molecule has 1 aliphatic heterocycles. The SMILES string of the molecule is O=C(O)/C=C/CNCC1(O)CCS(=O)(=O)CC1. The molecule has 0 aliphatic carbocycles. The largest absolute Gasteiger partial charge is 0.478 e. The molecule has 1 fully saturated rings. The number of aliphatic hydroxyl groups is 1. The molecule has 0 aromatic heterocycles. The molecule has 0 unspecified atom stereocenters. The summed E-state index contributed by atoms with van der Waals surface area (Å²) in [7, 11) is -2.98. The van der Waals surface area contributed by atoms with Gasteiger partial charge in [0.2, 0.25) is 0 Å². The van der Waals surface area contributed by atoms with Crippen molar-refractivity contribution >= 4 is 15.8 Å². The van der Waals surface area contributed by atoms with Gasteiger partial charge < -0.3 is 15.5 Å². The van der Waals surface area contributed by atoms with E-state index in [1.807, 2.05) is 0 Å². The maximum absolute atomic E-state index is 11.2. The first kappa shape index (κ1) is 14.1. The van der Waals surface area contributed by atoms with E-state index in [9.17, 15) is 18.3 Å². The highest BCUT2D eigenvalue weighted by molar-refractivity contribution is 7.91. The lowest BCUT2D eigenvalue weighted by Gasteiger charge is -2.31. The fraction of sp³-hybridized carbons (Fsp3) is 0.700. The zero-order chi connectivity index (χ0) is 12.9. The number of hydrogen-bond acceptors (Lipinski definition) is 5. The highest BCUT2D eigenvalue weighted by atomic mass is 32.2. The number of sulfone groups is 1. The minimum absolute atomic E-state index is 0.0101. The summed E-state index contributed by atoms with van der Waals surface area (Å²) in [5.41, 5.74) is -0.998. The van der Waals surface area contributed by atoms with E-state index < -0.39 is 21.4 Å². The average Bonchev–Trinajstić information content (AvgIpc) is 2.23. The lowest BCUT2D eigenvalue weighted by atomic mass is 9.97. The van der Waals surface area contributed by atoms with Crippen LogP contribution in [0.5, 0.6) is 0 Å². The van der Waals surface area contributed by atoms with E-state index in [-0.39, 0.29) is 30.9 Å². The molecular formula is C10H17NO5S. The van der Waals surface area contributed by atoms with Gasteiger partial charge in [-0.15, -0.1) is 0 Å². The number of nitrogens with one attached hydrogen (secondary N) is 1. The van der Waals surface area contributed by atoms with Crippen molar-refractivity contribution in [2.75, 3.05) is 24.6 Å². The summed E-state index contributed by atoms with van der Waals surface area (Å²) in [6.07, 6.45) is 2.91. The van der Waals surface area contributed by atoms with Crippen molar-refractivity contribution in [1.29, 1.82) is 0 Å². The third-order valence-corrected chi connectivity index (χ3v) is 4.39. The predicted molar refractivity (Wildman–Crippen MR) is 62.5 cm³/mol. The number of carboxylic acids is 1. The van der Waals surface area contributed by atoms with Crippen LogP contribution in [0.25, 0.3) is 0 Å². The molecule has 0 radical (unpaired) electrons. The molecule has 3 N–H and O–H groups in total. The van der Waals surface area contributed by atoms with Crippen LogP contribution in [0.4, 0.5) is 0 Å². The van der Waals surface area contributed by atoms with Gasteiger partial charge in [-0.2, -0.15) is 0 Å². The van der Waals surface area contributed by atoms with E-state index >= 15 is 0 Å². The number of carboxylic acid groups (broad SMARTS) is 1. The zero-order valence-corrected chi connectivity index (χ0v) is 10.2. The molecule has 0 aromatic carbocycles. The van der Waals surface area contributed by atoms with Gasteiger partial charge in [0.1, 0.15) is 0 Å². The summed E-state index contributed by atoms with van der Waals surface area (Å²) in [5.74, 6) is -0.999. The van der Waals surface area contributed by atoms with Crippen LogP contribution in [-0.4, -0.2) is 54.8 Å². The second-order valence-corrected chi connectivity index (χ2v) is 6.55. The maximum atomic E-state index is 11.2. The van der Waals surface area contributed by atoms with Crippen molar-refractivity contribution in [3.63, 3.8) is 0 Å². The van der Waals surface area contributed by atoms with E-state index in [0.29, 0.717) is 6.54 Å². The molecule has 17 heavy (non-hydrogen) atoms. The van der Waals surface area contributed by atoms with Crippen molar-refractivity contribution in [1.82, 2.24) is 5.32 Å². The van der Waals surface area contributed by atoms with Gasteiger partial charge >= 0.3 is 5.97 Å². The summed E-state index contributed by atoms with van der Waals surface area (Å²) in [5, 5.41) is 21.3. The van der Waals surface area contributed by atoms with Gasteiger partial charge in [0, 0.05) is 19.2 Å². The quantitative estimate of drug-likeness (QED) is 0.441. The smallest absolute Gasteiger partial charge is 0.328 e. The van der Waals surface area contributed by atoms with Gasteiger partial charge in [-0.25, -0.2) is 13.2 Å². The molecule has 0 aromatic rings. The minimum Gasteiger partial charge on any atom is -0.478 e. The van der Waals surface area contributed by atoms with Crippen LogP contribution in [0, 0.1) is 0 Å². The zero-order valence-electron chi connectivity index (χ0n) is 9.42. The van der Waals surface area contributed by atoms with Crippen molar-refractivity contribution < 1.29 is 23.4 Å².